The van der Waals surface area contributed by atoms with E-state index >= 15 is 0 Å². The number of rotatable bonds is 15. The predicted octanol–water partition coefficient (Wildman–Crippen LogP) is 7.57. The first-order valence-corrected chi connectivity index (χ1v) is 16.9. The number of carboxylic acid groups (broad SMARTS) is 1. The fourth-order valence-electron chi connectivity index (χ4n) is 5.46. The molecule has 0 aliphatic rings. The van der Waals surface area contributed by atoms with Crippen LogP contribution in [0.5, 0.6) is 29.1 Å². The Bertz CT molecular complexity index is 2240. The van der Waals surface area contributed by atoms with Crippen LogP contribution in [0.4, 0.5) is 4.39 Å². The molecule has 1 N–H and O–H groups in total. The second-order valence-corrected chi connectivity index (χ2v) is 12.6. The maximum absolute atomic E-state index is 14.8. The molecule has 0 aliphatic carbocycles. The zero-order valence-electron chi connectivity index (χ0n) is 28.4. The normalized spacial score (nSPS) is 11.7. The lowest BCUT2D eigenvalue weighted by Gasteiger charge is -2.18. The molecule has 3 heterocycles. The van der Waals surface area contributed by atoms with Crippen LogP contribution < -0.4 is 23.7 Å². The van der Waals surface area contributed by atoms with E-state index in [1.807, 2.05) is 13.0 Å². The van der Waals surface area contributed by atoms with Crippen molar-refractivity contribution in [3.63, 3.8) is 0 Å². The van der Waals surface area contributed by atoms with Crippen LogP contribution in [0.1, 0.15) is 16.8 Å². The number of aliphatic carboxylic acids is 1. The molecule has 0 unspecified atom stereocenters. The van der Waals surface area contributed by atoms with Crippen LogP contribution in [-0.2, 0) is 22.6 Å². The Balaban J connectivity index is 1.42. The third kappa shape index (κ3) is 7.68. The lowest BCUT2D eigenvalue weighted by Crippen LogP contribution is -2.30. The molecule has 0 fully saturated rings. The van der Waals surface area contributed by atoms with Crippen molar-refractivity contribution >= 4 is 39.1 Å². The van der Waals surface area contributed by atoms with Gasteiger partial charge >= 0.3 is 12.0 Å². The minimum atomic E-state index is -1.39. The molecule has 0 saturated heterocycles. The van der Waals surface area contributed by atoms with Crippen LogP contribution in [0.2, 0.25) is 5.02 Å². The largest absolute Gasteiger partial charge is 0.495 e. The monoisotopic (exact) mass is 746 g/mol. The molecule has 52 heavy (non-hydrogen) atoms. The number of carbonyl (C=O) groups is 1. The van der Waals surface area contributed by atoms with Crippen LogP contribution >= 0.6 is 22.9 Å². The van der Waals surface area contributed by atoms with E-state index in [1.54, 1.807) is 54.7 Å². The van der Waals surface area contributed by atoms with Gasteiger partial charge in [0.05, 0.1) is 30.3 Å². The standard InChI is InChI=1S/C37H32ClFN4O8S/c1-20-24(10-12-27(47-3)32(20)38)30-31-34(41-18-42-35(31)52-33(30)22-9-11-25(39)28(16-22)50-19-46-2)51-29(36(44)45)15-21-7-5-6-8-26(21)49-17-23-13-14-40-37(43-23)48-4/h5-14,16,18,29H,15,17,19H2,1-4H3,(H,44,45)/t29-/m1/s1. The molecule has 6 rings (SSSR count). The van der Waals surface area contributed by atoms with Crippen molar-refractivity contribution in [2.45, 2.75) is 26.1 Å². The Morgan fingerprint density at radius 2 is 1.79 bits per heavy atom. The van der Waals surface area contributed by atoms with E-state index < -0.39 is 17.9 Å². The SMILES string of the molecule is COCOc1cc(-c2sc3ncnc(O[C@H](Cc4ccccc4OCc4ccnc(OC)n4)C(=O)O)c3c2-c2ccc(OC)c(Cl)c2C)ccc1F. The minimum Gasteiger partial charge on any atom is -0.495 e. The van der Waals surface area contributed by atoms with Crippen molar-refractivity contribution in [1.29, 1.82) is 0 Å². The van der Waals surface area contributed by atoms with Crippen molar-refractivity contribution in [2.24, 2.45) is 0 Å². The van der Waals surface area contributed by atoms with Crippen molar-refractivity contribution < 1.29 is 42.7 Å². The summed E-state index contributed by atoms with van der Waals surface area (Å²) in [7, 11) is 4.43. The number of benzene rings is 3. The molecule has 0 saturated carbocycles. The minimum absolute atomic E-state index is 0.0134. The van der Waals surface area contributed by atoms with Crippen LogP contribution in [0.3, 0.4) is 0 Å². The molecule has 0 spiro atoms. The third-order valence-electron chi connectivity index (χ3n) is 7.98. The molecule has 3 aromatic carbocycles. The summed E-state index contributed by atoms with van der Waals surface area (Å²) in [6, 6.07) is 17.0. The van der Waals surface area contributed by atoms with Gasteiger partial charge in [-0.25, -0.2) is 24.1 Å². The van der Waals surface area contributed by atoms with Gasteiger partial charge in [0.1, 0.15) is 29.3 Å². The van der Waals surface area contributed by atoms with Gasteiger partial charge in [-0.1, -0.05) is 41.9 Å². The van der Waals surface area contributed by atoms with E-state index in [2.05, 4.69) is 19.9 Å². The van der Waals surface area contributed by atoms with Crippen LogP contribution in [0.15, 0.2) is 73.2 Å². The molecule has 12 nitrogen and oxygen atoms in total. The lowest BCUT2D eigenvalue weighted by atomic mass is 9.95. The van der Waals surface area contributed by atoms with E-state index in [-0.39, 0.29) is 37.5 Å². The molecule has 0 bridgehead atoms. The summed E-state index contributed by atoms with van der Waals surface area (Å²) in [6.45, 7) is 1.77. The predicted molar refractivity (Wildman–Crippen MR) is 192 cm³/mol. The third-order valence-corrected chi connectivity index (χ3v) is 9.59. The summed E-state index contributed by atoms with van der Waals surface area (Å²) >= 11 is 8.04. The van der Waals surface area contributed by atoms with Crippen molar-refractivity contribution in [1.82, 2.24) is 19.9 Å². The Kier molecular flexibility index (Phi) is 11.3. The highest BCUT2D eigenvalue weighted by Gasteiger charge is 2.28. The molecule has 0 amide bonds. The van der Waals surface area contributed by atoms with Gasteiger partial charge < -0.3 is 33.5 Å². The number of aromatic nitrogens is 4. The van der Waals surface area contributed by atoms with Crippen LogP contribution in [0, 0.1) is 12.7 Å². The van der Waals surface area contributed by atoms with Gasteiger partial charge in [-0.3, -0.25) is 0 Å². The number of nitrogens with zero attached hydrogens (tertiary/aromatic N) is 4. The van der Waals surface area contributed by atoms with Crippen molar-refractivity contribution in [3.05, 3.63) is 101 Å². The maximum Gasteiger partial charge on any atom is 0.345 e. The lowest BCUT2D eigenvalue weighted by molar-refractivity contribution is -0.145. The first-order valence-electron chi connectivity index (χ1n) is 15.7. The molecular formula is C37H32ClFN4O8S. The maximum atomic E-state index is 14.8. The van der Waals surface area contributed by atoms with Crippen LogP contribution in [-0.4, -0.2) is 65.2 Å². The highest BCUT2D eigenvalue weighted by molar-refractivity contribution is 7.22. The number of halogens is 2. The van der Waals surface area contributed by atoms with Gasteiger partial charge in [0.15, 0.2) is 18.4 Å². The number of methoxy groups -OCH3 is 3. The van der Waals surface area contributed by atoms with Gasteiger partial charge in [0.25, 0.3) is 0 Å². The smallest absolute Gasteiger partial charge is 0.345 e. The Labute approximate surface area is 306 Å². The summed E-state index contributed by atoms with van der Waals surface area (Å²) in [5, 5.41) is 11.3. The number of para-hydroxylation sites is 1. The number of carboxylic acids is 1. The topological polar surface area (TPSA) is 144 Å². The number of hydrogen-bond acceptors (Lipinski definition) is 12. The van der Waals surface area contributed by atoms with Gasteiger partial charge in [0.2, 0.25) is 12.0 Å². The quantitative estimate of drug-likeness (QED) is 0.104. The molecule has 3 aromatic heterocycles. The molecule has 1 atom stereocenters. The Hall–Kier alpha value is -5.57. The van der Waals surface area contributed by atoms with Gasteiger partial charge in [-0.15, -0.1) is 11.3 Å². The Morgan fingerprint density at radius 1 is 0.962 bits per heavy atom. The molecule has 268 valence electrons. The van der Waals surface area contributed by atoms with E-state index in [0.717, 1.165) is 0 Å². The summed E-state index contributed by atoms with van der Waals surface area (Å²) in [5.41, 5.74) is 3.73. The zero-order chi connectivity index (χ0) is 36.8. The first-order chi connectivity index (χ1) is 25.2. The summed E-state index contributed by atoms with van der Waals surface area (Å²) in [5.74, 6) is -0.847. The van der Waals surface area contributed by atoms with E-state index in [4.69, 9.17) is 40.0 Å². The average molecular weight is 747 g/mol. The first kappa shape index (κ1) is 36.2. The molecular weight excluding hydrogens is 715 g/mol. The highest BCUT2D eigenvalue weighted by Crippen LogP contribution is 2.50. The number of hydrogen-bond donors (Lipinski definition) is 1. The molecule has 6 aromatic rings. The zero-order valence-corrected chi connectivity index (χ0v) is 30.0. The van der Waals surface area contributed by atoms with Crippen molar-refractivity contribution in [3.8, 4) is 50.7 Å². The van der Waals surface area contributed by atoms with Gasteiger partial charge in [-0.05, 0) is 59.5 Å². The van der Waals surface area contributed by atoms with E-state index in [9.17, 15) is 14.3 Å². The van der Waals surface area contributed by atoms with E-state index in [0.29, 0.717) is 65.1 Å². The average Bonchev–Trinajstić information content (AvgIpc) is 3.55. The highest BCUT2D eigenvalue weighted by atomic mass is 35.5. The Morgan fingerprint density at radius 3 is 2.56 bits per heavy atom. The van der Waals surface area contributed by atoms with Crippen LogP contribution in [0.25, 0.3) is 31.8 Å². The number of ether oxygens (including phenoxy) is 6. The fraction of sp³-hybridized carbons (Fsp3) is 0.216. The summed E-state index contributed by atoms with van der Waals surface area (Å²) < 4.78 is 48.1. The molecule has 0 aliphatic heterocycles. The van der Waals surface area contributed by atoms with Gasteiger partial charge in [0, 0.05) is 30.2 Å². The second kappa shape index (κ2) is 16.2. The summed E-state index contributed by atoms with van der Waals surface area (Å²) in [4.78, 5) is 31.2. The van der Waals surface area contributed by atoms with Gasteiger partial charge in [-0.2, -0.15) is 4.98 Å². The fourth-order valence-corrected chi connectivity index (χ4v) is 6.84. The second-order valence-electron chi connectivity index (χ2n) is 11.2. The van der Waals surface area contributed by atoms with Crippen molar-refractivity contribution in [2.75, 3.05) is 28.1 Å². The number of thiophene rings is 1. The molecule has 15 heteroatoms. The molecule has 0 radical (unpaired) electrons. The van der Waals surface area contributed by atoms with E-state index in [1.165, 1.54) is 45.1 Å². The number of fused-ring (bicyclic) bond motifs is 1. The summed E-state index contributed by atoms with van der Waals surface area (Å²) in [6.07, 6.45) is 1.41.